The zero-order valence-electron chi connectivity index (χ0n) is 19.1. The molecule has 0 atom stereocenters. The standard InChI is InChI=1S/C28H26N2O4S/c31-28(29-20-21-34-26-12-6-2-7-13-26)24-18-16-23(17-19-24)22-30(25-10-4-1-5-11-25)35(32,33)27-14-8-3-9-15-27/h1-19H,20-22H2,(H,29,31). The largest absolute Gasteiger partial charge is 0.492 e. The Kier molecular flexibility index (Phi) is 7.80. The molecule has 1 N–H and O–H groups in total. The van der Waals surface area contributed by atoms with Crippen molar-refractivity contribution in [3.63, 3.8) is 0 Å². The Hall–Kier alpha value is -4.10. The molecule has 0 radical (unpaired) electrons. The average Bonchev–Trinajstić information content (AvgIpc) is 2.91. The summed E-state index contributed by atoms with van der Waals surface area (Å²) in [4.78, 5) is 12.7. The highest BCUT2D eigenvalue weighted by atomic mass is 32.2. The zero-order chi connectivity index (χ0) is 24.5. The molecule has 0 aromatic heterocycles. The number of hydrogen-bond acceptors (Lipinski definition) is 4. The van der Waals surface area contributed by atoms with E-state index in [2.05, 4.69) is 5.32 Å². The first-order valence-electron chi connectivity index (χ1n) is 11.2. The molecule has 35 heavy (non-hydrogen) atoms. The average molecular weight is 487 g/mol. The van der Waals surface area contributed by atoms with Crippen molar-refractivity contribution in [3.8, 4) is 5.75 Å². The van der Waals surface area contributed by atoms with Crippen LogP contribution in [0.4, 0.5) is 5.69 Å². The van der Waals surface area contributed by atoms with Crippen LogP contribution < -0.4 is 14.4 Å². The summed E-state index contributed by atoms with van der Waals surface area (Å²) in [5.41, 5.74) is 1.82. The topological polar surface area (TPSA) is 75.7 Å². The first kappa shape index (κ1) is 24.0. The summed E-state index contributed by atoms with van der Waals surface area (Å²) < 4.78 is 33.8. The van der Waals surface area contributed by atoms with Crippen molar-refractivity contribution < 1.29 is 17.9 Å². The Labute approximate surface area is 205 Å². The van der Waals surface area contributed by atoms with Gasteiger partial charge in [-0.15, -0.1) is 0 Å². The van der Waals surface area contributed by atoms with E-state index in [-0.39, 0.29) is 17.3 Å². The lowest BCUT2D eigenvalue weighted by molar-refractivity contribution is 0.0947. The second-order valence-corrected chi connectivity index (χ2v) is 9.64. The molecule has 178 valence electrons. The Balaban J connectivity index is 1.42. The fourth-order valence-corrected chi connectivity index (χ4v) is 4.98. The van der Waals surface area contributed by atoms with E-state index in [4.69, 9.17) is 4.74 Å². The molecular formula is C28H26N2O4S. The second-order valence-electron chi connectivity index (χ2n) is 7.77. The van der Waals surface area contributed by atoms with Crippen LogP contribution in [0.3, 0.4) is 0 Å². The van der Waals surface area contributed by atoms with E-state index >= 15 is 0 Å². The maximum absolute atomic E-state index is 13.4. The lowest BCUT2D eigenvalue weighted by Gasteiger charge is -2.25. The van der Waals surface area contributed by atoms with Crippen molar-refractivity contribution in [3.05, 3.63) is 126 Å². The number of carbonyl (C=O) groups excluding carboxylic acids is 1. The van der Waals surface area contributed by atoms with Gasteiger partial charge in [0, 0.05) is 5.56 Å². The maximum atomic E-state index is 13.4. The maximum Gasteiger partial charge on any atom is 0.264 e. The Bertz CT molecular complexity index is 1330. The predicted molar refractivity (Wildman–Crippen MR) is 137 cm³/mol. The lowest BCUT2D eigenvalue weighted by Crippen LogP contribution is -2.30. The van der Waals surface area contributed by atoms with E-state index in [1.54, 1.807) is 78.9 Å². The van der Waals surface area contributed by atoms with E-state index in [0.717, 1.165) is 11.3 Å². The fourth-order valence-electron chi connectivity index (χ4n) is 3.51. The molecule has 0 saturated heterocycles. The summed E-state index contributed by atoms with van der Waals surface area (Å²) in [7, 11) is -3.78. The van der Waals surface area contributed by atoms with Crippen LogP contribution in [0.1, 0.15) is 15.9 Å². The number of ether oxygens (including phenoxy) is 1. The van der Waals surface area contributed by atoms with Gasteiger partial charge in [-0.1, -0.05) is 66.7 Å². The monoisotopic (exact) mass is 486 g/mol. The molecule has 0 fully saturated rings. The molecule has 0 aliphatic heterocycles. The van der Waals surface area contributed by atoms with Crippen molar-refractivity contribution in [1.82, 2.24) is 5.32 Å². The third-order valence-electron chi connectivity index (χ3n) is 5.32. The Morgan fingerprint density at radius 3 is 1.94 bits per heavy atom. The molecule has 0 heterocycles. The normalized spacial score (nSPS) is 11.0. The van der Waals surface area contributed by atoms with Crippen LogP contribution in [0.25, 0.3) is 0 Å². The van der Waals surface area contributed by atoms with Crippen LogP contribution in [0.2, 0.25) is 0 Å². The number of amides is 1. The number of rotatable bonds is 10. The Morgan fingerprint density at radius 2 is 1.31 bits per heavy atom. The summed E-state index contributed by atoms with van der Waals surface area (Å²) in [5, 5.41) is 2.83. The van der Waals surface area contributed by atoms with Crippen molar-refractivity contribution >= 4 is 21.6 Å². The highest BCUT2D eigenvalue weighted by Crippen LogP contribution is 2.25. The zero-order valence-corrected chi connectivity index (χ0v) is 19.9. The van der Waals surface area contributed by atoms with Crippen molar-refractivity contribution in [2.45, 2.75) is 11.4 Å². The van der Waals surface area contributed by atoms with Gasteiger partial charge in [-0.2, -0.15) is 0 Å². The SMILES string of the molecule is O=C(NCCOc1ccccc1)c1ccc(CN(c2ccccc2)S(=O)(=O)c2ccccc2)cc1. The summed E-state index contributed by atoms with van der Waals surface area (Å²) in [6.07, 6.45) is 0. The van der Waals surface area contributed by atoms with E-state index in [9.17, 15) is 13.2 Å². The van der Waals surface area contributed by atoms with Gasteiger partial charge in [-0.05, 0) is 54.1 Å². The second kappa shape index (κ2) is 11.4. The number of sulfonamides is 1. The molecular weight excluding hydrogens is 460 g/mol. The molecule has 1 amide bonds. The minimum absolute atomic E-state index is 0.133. The molecule has 0 bridgehead atoms. The lowest BCUT2D eigenvalue weighted by atomic mass is 10.1. The molecule has 7 heteroatoms. The van der Waals surface area contributed by atoms with E-state index < -0.39 is 10.0 Å². The van der Waals surface area contributed by atoms with Crippen LogP contribution in [0, 0.1) is 0 Å². The number of hydrogen-bond donors (Lipinski definition) is 1. The minimum atomic E-state index is -3.78. The van der Waals surface area contributed by atoms with E-state index in [1.807, 2.05) is 36.4 Å². The van der Waals surface area contributed by atoms with Gasteiger partial charge in [0.15, 0.2) is 0 Å². The van der Waals surface area contributed by atoms with Gasteiger partial charge in [-0.25, -0.2) is 8.42 Å². The molecule has 0 saturated carbocycles. The molecule has 0 unspecified atom stereocenters. The number of carbonyl (C=O) groups is 1. The number of anilines is 1. The van der Waals surface area contributed by atoms with Gasteiger partial charge in [0.25, 0.3) is 15.9 Å². The third-order valence-corrected chi connectivity index (χ3v) is 7.11. The van der Waals surface area contributed by atoms with Crippen LogP contribution >= 0.6 is 0 Å². The Morgan fingerprint density at radius 1 is 0.743 bits per heavy atom. The molecule has 0 aliphatic rings. The van der Waals surface area contributed by atoms with E-state index in [0.29, 0.717) is 24.4 Å². The van der Waals surface area contributed by atoms with Crippen molar-refractivity contribution in [2.24, 2.45) is 0 Å². The van der Waals surface area contributed by atoms with Crippen LogP contribution in [0.5, 0.6) is 5.75 Å². The van der Waals surface area contributed by atoms with Gasteiger partial charge in [0.1, 0.15) is 12.4 Å². The van der Waals surface area contributed by atoms with Gasteiger partial charge < -0.3 is 10.1 Å². The fraction of sp³-hybridized carbons (Fsp3) is 0.107. The summed E-state index contributed by atoms with van der Waals surface area (Å²) in [6, 6.07) is 33.7. The van der Waals surface area contributed by atoms with Crippen molar-refractivity contribution in [1.29, 1.82) is 0 Å². The van der Waals surface area contributed by atoms with E-state index in [1.165, 1.54) is 4.31 Å². The summed E-state index contributed by atoms with van der Waals surface area (Å²) in [6.45, 7) is 0.859. The van der Waals surface area contributed by atoms with Gasteiger partial charge in [0.2, 0.25) is 0 Å². The minimum Gasteiger partial charge on any atom is -0.492 e. The predicted octanol–water partition coefficient (Wildman–Crippen LogP) is 4.89. The molecule has 0 spiro atoms. The summed E-state index contributed by atoms with van der Waals surface area (Å²) >= 11 is 0. The molecule has 4 aromatic carbocycles. The van der Waals surface area contributed by atoms with Crippen LogP contribution in [0.15, 0.2) is 120 Å². The summed E-state index contributed by atoms with van der Waals surface area (Å²) in [5.74, 6) is 0.532. The quantitative estimate of drug-likeness (QED) is 0.324. The molecule has 4 aromatic rings. The number of nitrogens with one attached hydrogen (secondary N) is 1. The van der Waals surface area contributed by atoms with Crippen LogP contribution in [-0.2, 0) is 16.6 Å². The third kappa shape index (κ3) is 6.28. The number of para-hydroxylation sites is 2. The first-order valence-corrected chi connectivity index (χ1v) is 12.7. The van der Waals surface area contributed by atoms with Crippen molar-refractivity contribution in [2.75, 3.05) is 17.5 Å². The first-order chi connectivity index (χ1) is 17.0. The number of benzene rings is 4. The smallest absolute Gasteiger partial charge is 0.264 e. The molecule has 0 aliphatic carbocycles. The van der Waals surface area contributed by atoms with Gasteiger partial charge in [-0.3, -0.25) is 9.10 Å². The molecule has 6 nitrogen and oxygen atoms in total. The number of nitrogens with zero attached hydrogens (tertiary/aromatic N) is 1. The van der Waals surface area contributed by atoms with Gasteiger partial charge >= 0.3 is 0 Å². The van der Waals surface area contributed by atoms with Crippen LogP contribution in [-0.4, -0.2) is 27.5 Å². The molecule has 4 rings (SSSR count). The van der Waals surface area contributed by atoms with Gasteiger partial charge in [0.05, 0.1) is 23.7 Å². The highest BCUT2D eigenvalue weighted by Gasteiger charge is 2.25. The highest BCUT2D eigenvalue weighted by molar-refractivity contribution is 7.92.